The SMILES string of the molecule is NC(NC(=NCc1ccccc1)c1ccccc1-c1ccc2ccc3ccc4cccnc4c3c2c1)c1cccc2oc3ccccc3c12. The van der Waals surface area contributed by atoms with Crippen molar-refractivity contribution in [2.45, 2.75) is 12.7 Å². The molecule has 7 aromatic carbocycles. The molecule has 0 saturated carbocycles. The predicted molar refractivity (Wildman–Crippen MR) is 203 cm³/mol. The Balaban J connectivity index is 1.19. The number of nitrogens with one attached hydrogen (secondary N) is 1. The summed E-state index contributed by atoms with van der Waals surface area (Å²) in [5, 5.41) is 11.5. The Morgan fingerprint density at radius 1 is 0.653 bits per heavy atom. The maximum Gasteiger partial charge on any atom is 0.135 e. The number of pyridine rings is 1. The molecule has 2 aromatic heterocycles. The van der Waals surface area contributed by atoms with E-state index in [0.29, 0.717) is 6.54 Å². The van der Waals surface area contributed by atoms with E-state index in [9.17, 15) is 0 Å². The van der Waals surface area contributed by atoms with Crippen LogP contribution in [-0.2, 0) is 6.54 Å². The highest BCUT2D eigenvalue weighted by Crippen LogP contribution is 2.36. The van der Waals surface area contributed by atoms with Crippen molar-refractivity contribution in [2.24, 2.45) is 10.7 Å². The van der Waals surface area contributed by atoms with E-state index in [-0.39, 0.29) is 0 Å². The number of nitrogens with zero attached hydrogens (tertiary/aromatic N) is 2. The molecule has 5 nitrogen and oxygen atoms in total. The highest BCUT2D eigenvalue weighted by Gasteiger charge is 2.19. The number of furan rings is 1. The molecule has 3 N–H and O–H groups in total. The Morgan fingerprint density at radius 2 is 1.41 bits per heavy atom. The zero-order valence-electron chi connectivity index (χ0n) is 26.7. The molecule has 1 atom stereocenters. The van der Waals surface area contributed by atoms with Gasteiger partial charge < -0.3 is 15.5 Å². The van der Waals surface area contributed by atoms with Gasteiger partial charge >= 0.3 is 0 Å². The van der Waals surface area contributed by atoms with Crippen LogP contribution in [0.15, 0.2) is 167 Å². The fraction of sp³-hybridized carbons (Fsp3) is 0.0455. The van der Waals surface area contributed by atoms with Gasteiger partial charge in [0, 0.05) is 38.9 Å². The summed E-state index contributed by atoms with van der Waals surface area (Å²) < 4.78 is 6.19. The van der Waals surface area contributed by atoms with Gasteiger partial charge in [-0.05, 0) is 57.1 Å². The van der Waals surface area contributed by atoms with Crippen molar-refractivity contribution < 1.29 is 4.42 Å². The summed E-state index contributed by atoms with van der Waals surface area (Å²) in [6.45, 7) is 0.503. The van der Waals surface area contributed by atoms with Crippen LogP contribution < -0.4 is 11.1 Å². The second-order valence-corrected chi connectivity index (χ2v) is 12.4. The summed E-state index contributed by atoms with van der Waals surface area (Å²) in [4.78, 5) is 10.0. The first kappa shape index (κ1) is 28.9. The number of fused-ring (bicyclic) bond motifs is 8. The molecule has 2 heterocycles. The number of para-hydroxylation sites is 1. The number of benzene rings is 7. The molecular weight excluding hydrogens is 601 g/mol. The topological polar surface area (TPSA) is 76.4 Å². The monoisotopic (exact) mass is 632 g/mol. The van der Waals surface area contributed by atoms with Gasteiger partial charge in [0.05, 0.1) is 12.1 Å². The minimum atomic E-state index is -0.551. The maximum absolute atomic E-state index is 7.06. The first-order valence-corrected chi connectivity index (χ1v) is 16.5. The van der Waals surface area contributed by atoms with Crippen molar-refractivity contribution >= 4 is 60.2 Å². The molecule has 0 aliphatic rings. The second-order valence-electron chi connectivity index (χ2n) is 12.4. The molecule has 9 aromatic rings. The van der Waals surface area contributed by atoms with Crippen LogP contribution >= 0.6 is 0 Å². The predicted octanol–water partition coefficient (Wildman–Crippen LogP) is 10.3. The number of nitrogens with two attached hydrogens (primary N) is 1. The minimum absolute atomic E-state index is 0.503. The fourth-order valence-corrected chi connectivity index (χ4v) is 7.04. The summed E-state index contributed by atoms with van der Waals surface area (Å²) in [6, 6.07) is 52.4. The Hall–Kier alpha value is -6.30. The van der Waals surface area contributed by atoms with Crippen LogP contribution in [0.2, 0.25) is 0 Å². The van der Waals surface area contributed by atoms with Crippen molar-refractivity contribution in [3.8, 4) is 11.1 Å². The molecule has 5 heteroatoms. The van der Waals surface area contributed by atoms with Gasteiger partial charge in [0.2, 0.25) is 0 Å². The van der Waals surface area contributed by atoms with Gasteiger partial charge in [0.25, 0.3) is 0 Å². The summed E-state index contributed by atoms with van der Waals surface area (Å²) in [5.41, 5.74) is 14.9. The first-order chi connectivity index (χ1) is 24.2. The fourth-order valence-electron chi connectivity index (χ4n) is 7.04. The molecule has 49 heavy (non-hydrogen) atoms. The highest BCUT2D eigenvalue weighted by atomic mass is 16.3. The molecule has 0 amide bonds. The van der Waals surface area contributed by atoms with E-state index >= 15 is 0 Å². The van der Waals surface area contributed by atoms with Crippen molar-refractivity contribution in [3.05, 3.63) is 175 Å². The van der Waals surface area contributed by atoms with Crippen LogP contribution in [-0.4, -0.2) is 10.8 Å². The molecule has 0 saturated heterocycles. The van der Waals surface area contributed by atoms with Gasteiger partial charge in [-0.3, -0.25) is 9.98 Å². The third kappa shape index (κ3) is 5.17. The van der Waals surface area contributed by atoms with Gasteiger partial charge in [-0.2, -0.15) is 0 Å². The number of hydrogen-bond acceptors (Lipinski definition) is 4. The zero-order valence-corrected chi connectivity index (χ0v) is 26.7. The van der Waals surface area contributed by atoms with Gasteiger partial charge in [-0.15, -0.1) is 0 Å². The van der Waals surface area contributed by atoms with E-state index in [4.69, 9.17) is 20.1 Å². The lowest BCUT2D eigenvalue weighted by Crippen LogP contribution is -2.35. The van der Waals surface area contributed by atoms with Gasteiger partial charge in [-0.1, -0.05) is 127 Å². The van der Waals surface area contributed by atoms with Crippen molar-refractivity contribution in [1.82, 2.24) is 10.3 Å². The standard InChI is InChI=1S/C44H32N4O/c45-43(36-16-8-18-39-41(36)35-15-6-7-17-38(35)49-39)48-44(47-27-28-10-2-1-3-11-28)34-14-5-4-13-33(34)32-24-20-29-19-21-30-22-23-31-12-9-25-46-42(31)40(30)37(29)26-32/h1-26,43H,27,45H2,(H,47,48). The molecule has 1 unspecified atom stereocenters. The first-order valence-electron chi connectivity index (χ1n) is 16.5. The van der Waals surface area contributed by atoms with E-state index in [1.807, 2.05) is 60.8 Å². The van der Waals surface area contributed by atoms with Crippen molar-refractivity contribution in [2.75, 3.05) is 0 Å². The lowest BCUT2D eigenvalue weighted by molar-refractivity contribution is 0.663. The van der Waals surface area contributed by atoms with Crippen LogP contribution in [0, 0.1) is 0 Å². The molecule has 0 aliphatic heterocycles. The Labute approximate surface area is 283 Å². The minimum Gasteiger partial charge on any atom is -0.456 e. The van der Waals surface area contributed by atoms with E-state index in [0.717, 1.165) is 71.9 Å². The lowest BCUT2D eigenvalue weighted by Gasteiger charge is -2.21. The van der Waals surface area contributed by atoms with E-state index in [1.54, 1.807) is 0 Å². The molecule has 0 bridgehead atoms. The molecule has 0 fully saturated rings. The average Bonchev–Trinajstić information content (AvgIpc) is 3.55. The lowest BCUT2D eigenvalue weighted by atomic mass is 9.93. The summed E-state index contributed by atoms with van der Waals surface area (Å²) in [6.07, 6.45) is 1.32. The molecule has 0 spiro atoms. The number of amidine groups is 1. The van der Waals surface area contributed by atoms with Gasteiger partial charge in [0.15, 0.2) is 0 Å². The Kier molecular flexibility index (Phi) is 7.11. The molecule has 234 valence electrons. The third-order valence-electron chi connectivity index (χ3n) is 9.39. The quantitative estimate of drug-likeness (QED) is 0.0828. The highest BCUT2D eigenvalue weighted by molar-refractivity contribution is 6.19. The van der Waals surface area contributed by atoms with Crippen LogP contribution in [0.1, 0.15) is 22.9 Å². The largest absolute Gasteiger partial charge is 0.456 e. The van der Waals surface area contributed by atoms with Gasteiger partial charge in [0.1, 0.15) is 23.2 Å². The molecule has 0 radical (unpaired) electrons. The zero-order chi connectivity index (χ0) is 32.7. The smallest absolute Gasteiger partial charge is 0.135 e. The molecule has 9 rings (SSSR count). The second kappa shape index (κ2) is 12.1. The van der Waals surface area contributed by atoms with Gasteiger partial charge in [-0.25, -0.2) is 0 Å². The number of aromatic nitrogens is 1. The van der Waals surface area contributed by atoms with E-state index in [1.165, 1.54) is 16.2 Å². The van der Waals surface area contributed by atoms with Crippen molar-refractivity contribution in [3.63, 3.8) is 0 Å². The van der Waals surface area contributed by atoms with Crippen LogP contribution in [0.4, 0.5) is 0 Å². The molecular formula is C44H32N4O. The average molecular weight is 633 g/mol. The summed E-state index contributed by atoms with van der Waals surface area (Å²) in [7, 11) is 0. The van der Waals surface area contributed by atoms with E-state index in [2.05, 4.69) is 102 Å². The maximum atomic E-state index is 7.06. The summed E-state index contributed by atoms with van der Waals surface area (Å²) in [5.74, 6) is 0.724. The van der Waals surface area contributed by atoms with Crippen LogP contribution in [0.3, 0.4) is 0 Å². The normalized spacial score (nSPS) is 12.7. The number of aliphatic imine (C=N–C) groups is 1. The molecule has 0 aliphatic carbocycles. The van der Waals surface area contributed by atoms with Crippen LogP contribution in [0.5, 0.6) is 0 Å². The third-order valence-corrected chi connectivity index (χ3v) is 9.39. The Bertz CT molecular complexity index is 2690. The summed E-state index contributed by atoms with van der Waals surface area (Å²) >= 11 is 0. The van der Waals surface area contributed by atoms with Crippen molar-refractivity contribution in [1.29, 1.82) is 0 Å². The van der Waals surface area contributed by atoms with E-state index < -0.39 is 6.17 Å². The number of hydrogen-bond donors (Lipinski definition) is 2. The van der Waals surface area contributed by atoms with Crippen LogP contribution in [0.25, 0.3) is 65.5 Å². The Morgan fingerprint density at radius 3 is 2.33 bits per heavy atom. The number of rotatable bonds is 6.